The van der Waals surface area contributed by atoms with Gasteiger partial charge in [-0.3, -0.25) is 4.79 Å². The molecule has 0 radical (unpaired) electrons. The van der Waals surface area contributed by atoms with E-state index in [9.17, 15) is 27.2 Å². The Hall–Kier alpha value is -1.92. The van der Waals surface area contributed by atoms with E-state index in [0.29, 0.717) is 6.07 Å². The molecule has 0 fully saturated rings. The Kier molecular flexibility index (Phi) is 2.97. The highest BCUT2D eigenvalue weighted by Crippen LogP contribution is 2.33. The van der Waals surface area contributed by atoms with Crippen molar-refractivity contribution in [2.24, 2.45) is 0 Å². The van der Waals surface area contributed by atoms with Crippen LogP contribution in [0.2, 0.25) is 0 Å². The first-order chi connectivity index (χ1) is 7.27. The van der Waals surface area contributed by atoms with Gasteiger partial charge in [0.15, 0.2) is 6.29 Å². The molecule has 0 aliphatic carbocycles. The van der Waals surface area contributed by atoms with Gasteiger partial charge in [0, 0.05) is 0 Å². The summed E-state index contributed by atoms with van der Waals surface area (Å²) in [5, 5.41) is 8.50. The first kappa shape index (κ1) is 12.2. The zero-order chi connectivity index (χ0) is 12.5. The van der Waals surface area contributed by atoms with Crippen LogP contribution in [0, 0.1) is 5.82 Å². The molecule has 1 aromatic carbocycles. The highest BCUT2D eigenvalue weighted by molar-refractivity contribution is 5.92. The number of carbonyl (C=O) groups excluding carboxylic acids is 1. The fourth-order valence-corrected chi connectivity index (χ4v) is 1.09. The van der Waals surface area contributed by atoms with E-state index in [1.807, 2.05) is 0 Å². The first-order valence-electron chi connectivity index (χ1n) is 3.86. The Bertz CT molecular complexity index is 451. The lowest BCUT2D eigenvalue weighted by atomic mass is 10.0. The standard InChI is InChI=1S/C9H4F4O3/c10-7-2-6(9(11,12)13)5(8(15)16)1-4(7)3-14/h1-3H,(H,15,16). The van der Waals surface area contributed by atoms with Gasteiger partial charge in [0.1, 0.15) is 5.82 Å². The van der Waals surface area contributed by atoms with E-state index in [-0.39, 0.29) is 12.4 Å². The summed E-state index contributed by atoms with van der Waals surface area (Å²) in [5.41, 5.74) is -3.51. The van der Waals surface area contributed by atoms with Crippen LogP contribution in [-0.2, 0) is 6.18 Å². The molecule has 1 N–H and O–H groups in total. The molecule has 0 saturated carbocycles. The summed E-state index contributed by atoms with van der Waals surface area (Å²) in [5.74, 6) is -3.29. The molecule has 0 amide bonds. The molecule has 0 bridgehead atoms. The van der Waals surface area contributed by atoms with Gasteiger partial charge >= 0.3 is 12.1 Å². The van der Waals surface area contributed by atoms with Crippen molar-refractivity contribution in [2.45, 2.75) is 6.18 Å². The number of hydrogen-bond acceptors (Lipinski definition) is 2. The van der Waals surface area contributed by atoms with Gasteiger partial charge in [0.25, 0.3) is 0 Å². The fraction of sp³-hybridized carbons (Fsp3) is 0.111. The van der Waals surface area contributed by atoms with Crippen molar-refractivity contribution in [2.75, 3.05) is 0 Å². The lowest BCUT2D eigenvalue weighted by molar-refractivity contribution is -0.138. The minimum atomic E-state index is -4.99. The van der Waals surface area contributed by atoms with Crippen molar-refractivity contribution in [1.29, 1.82) is 0 Å². The molecule has 0 spiro atoms. The summed E-state index contributed by atoms with van der Waals surface area (Å²) < 4.78 is 49.8. The normalized spacial score (nSPS) is 11.2. The van der Waals surface area contributed by atoms with E-state index in [1.54, 1.807) is 0 Å². The quantitative estimate of drug-likeness (QED) is 0.633. The second-order valence-electron chi connectivity index (χ2n) is 2.84. The third-order valence-corrected chi connectivity index (χ3v) is 1.80. The number of carbonyl (C=O) groups is 2. The molecule has 0 saturated heterocycles. The minimum absolute atomic E-state index is 0.00676. The second-order valence-corrected chi connectivity index (χ2v) is 2.84. The lowest BCUT2D eigenvalue weighted by Gasteiger charge is -2.10. The van der Waals surface area contributed by atoms with E-state index in [1.165, 1.54) is 0 Å². The van der Waals surface area contributed by atoms with Crippen LogP contribution in [0.5, 0.6) is 0 Å². The SMILES string of the molecule is O=Cc1cc(C(=O)O)c(C(F)(F)F)cc1F. The van der Waals surface area contributed by atoms with Crippen molar-refractivity contribution < 1.29 is 32.3 Å². The van der Waals surface area contributed by atoms with Gasteiger partial charge in [-0.2, -0.15) is 13.2 Å². The van der Waals surface area contributed by atoms with Crippen LogP contribution in [0.1, 0.15) is 26.3 Å². The predicted molar refractivity (Wildman–Crippen MR) is 43.7 cm³/mol. The zero-order valence-corrected chi connectivity index (χ0v) is 7.51. The number of rotatable bonds is 2. The van der Waals surface area contributed by atoms with Crippen LogP contribution < -0.4 is 0 Å². The second kappa shape index (κ2) is 3.92. The Labute approximate surface area is 86.3 Å². The minimum Gasteiger partial charge on any atom is -0.478 e. The molecule has 1 rings (SSSR count). The first-order valence-corrected chi connectivity index (χ1v) is 3.86. The highest BCUT2D eigenvalue weighted by Gasteiger charge is 2.36. The number of halogens is 4. The maximum Gasteiger partial charge on any atom is 0.417 e. The molecular formula is C9H4F4O3. The molecule has 0 heterocycles. The largest absolute Gasteiger partial charge is 0.478 e. The molecule has 0 aliphatic rings. The predicted octanol–water partition coefficient (Wildman–Crippen LogP) is 2.36. The van der Waals surface area contributed by atoms with Crippen LogP contribution in [-0.4, -0.2) is 17.4 Å². The molecule has 1 aromatic rings. The summed E-state index contributed by atoms with van der Waals surface area (Å²) in [4.78, 5) is 20.8. The van der Waals surface area contributed by atoms with Crippen LogP contribution in [0.4, 0.5) is 17.6 Å². The molecular weight excluding hydrogens is 232 g/mol. The van der Waals surface area contributed by atoms with Crippen molar-refractivity contribution in [3.63, 3.8) is 0 Å². The third kappa shape index (κ3) is 2.18. The smallest absolute Gasteiger partial charge is 0.417 e. The van der Waals surface area contributed by atoms with Crippen molar-refractivity contribution in [3.05, 3.63) is 34.6 Å². The van der Waals surface area contributed by atoms with Crippen molar-refractivity contribution in [1.82, 2.24) is 0 Å². The number of benzene rings is 1. The summed E-state index contributed by atoms with van der Waals surface area (Å²) in [6, 6.07) is 0.348. The number of hydrogen-bond donors (Lipinski definition) is 1. The van der Waals surface area contributed by atoms with Crippen LogP contribution >= 0.6 is 0 Å². The van der Waals surface area contributed by atoms with Crippen LogP contribution in [0.25, 0.3) is 0 Å². The van der Waals surface area contributed by atoms with Gasteiger partial charge in [-0.1, -0.05) is 0 Å². The molecule has 0 unspecified atom stereocenters. The Morgan fingerprint density at radius 1 is 1.31 bits per heavy atom. The summed E-state index contributed by atoms with van der Waals surface area (Å²) in [6.07, 6.45) is -5.04. The van der Waals surface area contributed by atoms with Gasteiger partial charge in [-0.05, 0) is 12.1 Å². The van der Waals surface area contributed by atoms with Crippen molar-refractivity contribution >= 4 is 12.3 Å². The van der Waals surface area contributed by atoms with E-state index in [4.69, 9.17) is 5.11 Å². The van der Waals surface area contributed by atoms with Crippen molar-refractivity contribution in [3.8, 4) is 0 Å². The topological polar surface area (TPSA) is 54.4 Å². The molecule has 0 aromatic heterocycles. The van der Waals surface area contributed by atoms with Gasteiger partial charge in [0.2, 0.25) is 0 Å². The highest BCUT2D eigenvalue weighted by atomic mass is 19.4. The number of aldehydes is 1. The summed E-state index contributed by atoms with van der Waals surface area (Å²) >= 11 is 0. The van der Waals surface area contributed by atoms with Gasteiger partial charge < -0.3 is 5.11 Å². The van der Waals surface area contributed by atoms with Gasteiger partial charge in [0.05, 0.1) is 16.7 Å². The van der Waals surface area contributed by atoms with E-state index in [2.05, 4.69) is 0 Å². The molecule has 0 atom stereocenters. The average Bonchev–Trinajstić information content (AvgIpc) is 2.15. The molecule has 16 heavy (non-hydrogen) atoms. The number of aromatic carboxylic acids is 1. The van der Waals surface area contributed by atoms with Crippen LogP contribution in [0.3, 0.4) is 0 Å². The number of alkyl halides is 3. The zero-order valence-electron chi connectivity index (χ0n) is 7.51. The fourth-order valence-electron chi connectivity index (χ4n) is 1.09. The average molecular weight is 236 g/mol. The third-order valence-electron chi connectivity index (χ3n) is 1.80. The maximum absolute atomic E-state index is 12.9. The van der Waals surface area contributed by atoms with Gasteiger partial charge in [-0.25, -0.2) is 9.18 Å². The molecule has 3 nitrogen and oxygen atoms in total. The Morgan fingerprint density at radius 3 is 2.25 bits per heavy atom. The molecule has 86 valence electrons. The summed E-state index contributed by atoms with van der Waals surface area (Å²) in [6.45, 7) is 0. The Balaban J connectivity index is 3.55. The molecule has 7 heteroatoms. The van der Waals surface area contributed by atoms with E-state index in [0.717, 1.165) is 0 Å². The molecule has 0 aliphatic heterocycles. The van der Waals surface area contributed by atoms with E-state index >= 15 is 0 Å². The monoisotopic (exact) mass is 236 g/mol. The van der Waals surface area contributed by atoms with E-state index < -0.39 is 34.7 Å². The Morgan fingerprint density at radius 2 is 1.88 bits per heavy atom. The van der Waals surface area contributed by atoms with Gasteiger partial charge in [-0.15, -0.1) is 0 Å². The number of carboxylic acids is 1. The lowest BCUT2D eigenvalue weighted by Crippen LogP contribution is -2.14. The summed E-state index contributed by atoms with van der Waals surface area (Å²) in [7, 11) is 0. The number of carboxylic acid groups (broad SMARTS) is 1. The van der Waals surface area contributed by atoms with Crippen LogP contribution in [0.15, 0.2) is 12.1 Å². The maximum atomic E-state index is 12.9.